The van der Waals surface area contributed by atoms with Crippen molar-refractivity contribution in [3.63, 3.8) is 0 Å². The summed E-state index contributed by atoms with van der Waals surface area (Å²) in [5, 5.41) is 5.27. The lowest BCUT2D eigenvalue weighted by Crippen LogP contribution is -2.32. The van der Waals surface area contributed by atoms with Gasteiger partial charge in [-0.2, -0.15) is 0 Å². The van der Waals surface area contributed by atoms with Crippen LogP contribution in [-0.4, -0.2) is 37.7 Å². The Morgan fingerprint density at radius 2 is 1.82 bits per heavy atom. The van der Waals surface area contributed by atoms with Crippen molar-refractivity contribution >= 4 is 34.2 Å². The van der Waals surface area contributed by atoms with Crippen LogP contribution in [0.15, 0.2) is 18.2 Å². The van der Waals surface area contributed by atoms with Crippen LogP contribution in [-0.2, 0) is 4.74 Å². The average molecular weight is 404 g/mol. The second kappa shape index (κ2) is 8.30. The monoisotopic (exact) mass is 404 g/mol. The number of imide groups is 1. The smallest absolute Gasteiger partial charge is 0.414 e. The summed E-state index contributed by atoms with van der Waals surface area (Å²) in [6.45, 7) is 6.26. The Hall–Kier alpha value is -3.07. The molecule has 0 spiro atoms. The third-order valence-electron chi connectivity index (χ3n) is 4.13. The number of rotatable bonds is 4. The molecule has 2 heterocycles. The zero-order valence-corrected chi connectivity index (χ0v) is 16.5. The molecule has 3 amide bonds. The average Bonchev–Trinajstić information content (AvgIpc) is 2.94. The minimum absolute atomic E-state index is 0.147. The van der Waals surface area contributed by atoms with Gasteiger partial charge in [-0.25, -0.2) is 4.79 Å². The number of benzene rings is 1. The first-order chi connectivity index (χ1) is 13.4. The Bertz CT molecular complexity index is 937. The van der Waals surface area contributed by atoms with Gasteiger partial charge in [-0.3, -0.25) is 14.9 Å². The maximum atomic E-state index is 12.7. The summed E-state index contributed by atoms with van der Waals surface area (Å²) >= 11 is 1.26. The number of alkyl carbamates (subject to hydrolysis) is 1. The standard InChI is InChI=1S/C19H20N2O6S/c1-4-25-19(24)21-17(23)15-10(2)11(3)28-18(15)20-16(22)12-5-6-13-14(9-12)27-8-7-26-13/h5-6,9H,4,7-8H2,1-3H3,(H,20,22)(H,21,23,24). The molecule has 9 heteroatoms. The van der Waals surface area contributed by atoms with Gasteiger partial charge in [0.1, 0.15) is 18.2 Å². The number of carbonyl (C=O) groups excluding carboxylic acids is 3. The summed E-state index contributed by atoms with van der Waals surface area (Å²) in [6, 6.07) is 4.88. The summed E-state index contributed by atoms with van der Waals surface area (Å²) in [6.07, 6.45) is -0.833. The molecule has 1 aromatic heterocycles. The van der Waals surface area contributed by atoms with E-state index in [2.05, 4.69) is 10.6 Å². The lowest BCUT2D eigenvalue weighted by Gasteiger charge is -2.18. The number of hydrogen-bond donors (Lipinski definition) is 2. The van der Waals surface area contributed by atoms with Crippen molar-refractivity contribution in [2.75, 3.05) is 25.1 Å². The third kappa shape index (κ3) is 4.09. The molecule has 0 unspecified atom stereocenters. The minimum atomic E-state index is -0.833. The number of nitrogens with one attached hydrogen (secondary N) is 2. The van der Waals surface area contributed by atoms with Gasteiger partial charge in [0, 0.05) is 10.4 Å². The topological polar surface area (TPSA) is 103 Å². The summed E-state index contributed by atoms with van der Waals surface area (Å²) in [5.41, 5.74) is 1.29. The quantitative estimate of drug-likeness (QED) is 0.811. The van der Waals surface area contributed by atoms with Gasteiger partial charge >= 0.3 is 6.09 Å². The first-order valence-corrected chi connectivity index (χ1v) is 9.51. The van der Waals surface area contributed by atoms with E-state index in [1.54, 1.807) is 32.0 Å². The molecule has 1 aliphatic rings. The van der Waals surface area contributed by atoms with E-state index in [1.165, 1.54) is 11.3 Å². The Morgan fingerprint density at radius 3 is 2.54 bits per heavy atom. The number of ether oxygens (including phenoxy) is 3. The zero-order valence-electron chi connectivity index (χ0n) is 15.7. The normalized spacial score (nSPS) is 12.2. The molecule has 28 heavy (non-hydrogen) atoms. The fourth-order valence-corrected chi connectivity index (χ4v) is 3.72. The SMILES string of the molecule is CCOC(=O)NC(=O)c1c(NC(=O)c2ccc3c(c2)OCCO3)sc(C)c1C. The highest BCUT2D eigenvalue weighted by Crippen LogP contribution is 2.34. The van der Waals surface area contributed by atoms with Crippen LogP contribution in [0.5, 0.6) is 11.5 Å². The van der Waals surface area contributed by atoms with Gasteiger partial charge in [0.15, 0.2) is 11.5 Å². The second-order valence-corrected chi connectivity index (χ2v) is 7.20. The molecule has 1 aromatic carbocycles. The van der Waals surface area contributed by atoms with Crippen molar-refractivity contribution in [2.24, 2.45) is 0 Å². The predicted molar refractivity (Wildman–Crippen MR) is 104 cm³/mol. The molecule has 0 radical (unpaired) electrons. The maximum Gasteiger partial charge on any atom is 0.414 e. The van der Waals surface area contributed by atoms with Crippen LogP contribution in [0.4, 0.5) is 9.80 Å². The molecular weight excluding hydrogens is 384 g/mol. The minimum Gasteiger partial charge on any atom is -0.486 e. The molecule has 0 saturated heterocycles. The number of carbonyl (C=O) groups is 3. The van der Waals surface area contributed by atoms with E-state index in [-0.39, 0.29) is 12.2 Å². The van der Waals surface area contributed by atoms with Gasteiger partial charge in [-0.15, -0.1) is 11.3 Å². The lowest BCUT2D eigenvalue weighted by molar-refractivity contribution is 0.0925. The summed E-state index contributed by atoms with van der Waals surface area (Å²) < 4.78 is 15.7. The number of aryl methyl sites for hydroxylation is 1. The molecule has 3 rings (SSSR count). The number of hydrogen-bond acceptors (Lipinski definition) is 7. The zero-order chi connectivity index (χ0) is 20.3. The first kappa shape index (κ1) is 19.7. The van der Waals surface area contributed by atoms with Crippen molar-refractivity contribution in [3.05, 3.63) is 39.8 Å². The molecule has 0 aliphatic carbocycles. The summed E-state index contributed by atoms with van der Waals surface area (Å²) in [4.78, 5) is 37.6. The fourth-order valence-electron chi connectivity index (χ4n) is 2.67. The predicted octanol–water partition coefficient (Wildman–Crippen LogP) is 3.27. The van der Waals surface area contributed by atoms with Gasteiger partial charge in [0.25, 0.3) is 11.8 Å². The van der Waals surface area contributed by atoms with E-state index in [4.69, 9.17) is 14.2 Å². The number of fused-ring (bicyclic) bond motifs is 1. The molecule has 0 saturated carbocycles. The molecule has 0 bridgehead atoms. The van der Waals surface area contributed by atoms with Crippen molar-refractivity contribution in [2.45, 2.75) is 20.8 Å². The van der Waals surface area contributed by atoms with Crippen LogP contribution >= 0.6 is 11.3 Å². The molecule has 0 fully saturated rings. The number of thiophene rings is 1. The maximum absolute atomic E-state index is 12.7. The first-order valence-electron chi connectivity index (χ1n) is 8.69. The fraction of sp³-hybridized carbons (Fsp3) is 0.316. The highest BCUT2D eigenvalue weighted by molar-refractivity contribution is 7.16. The van der Waals surface area contributed by atoms with E-state index < -0.39 is 17.9 Å². The molecule has 0 atom stereocenters. The Labute approximate surface area is 165 Å². The third-order valence-corrected chi connectivity index (χ3v) is 5.26. The highest BCUT2D eigenvalue weighted by atomic mass is 32.1. The molecule has 2 aromatic rings. The molecule has 148 valence electrons. The van der Waals surface area contributed by atoms with E-state index in [0.29, 0.717) is 40.8 Å². The van der Waals surface area contributed by atoms with Crippen molar-refractivity contribution in [3.8, 4) is 11.5 Å². The van der Waals surface area contributed by atoms with Crippen molar-refractivity contribution in [1.82, 2.24) is 5.32 Å². The van der Waals surface area contributed by atoms with E-state index in [0.717, 1.165) is 4.88 Å². The van der Waals surface area contributed by atoms with Gasteiger partial charge < -0.3 is 19.5 Å². The van der Waals surface area contributed by atoms with Crippen LogP contribution in [0.1, 0.15) is 38.1 Å². The van der Waals surface area contributed by atoms with Crippen LogP contribution in [0.25, 0.3) is 0 Å². The van der Waals surface area contributed by atoms with Gasteiger partial charge in [0.05, 0.1) is 12.2 Å². The van der Waals surface area contributed by atoms with Crippen LogP contribution in [0.2, 0.25) is 0 Å². The van der Waals surface area contributed by atoms with Gasteiger partial charge in [0.2, 0.25) is 0 Å². The Morgan fingerprint density at radius 1 is 1.11 bits per heavy atom. The molecule has 2 N–H and O–H groups in total. The second-order valence-electron chi connectivity index (χ2n) is 5.97. The van der Waals surface area contributed by atoms with Crippen molar-refractivity contribution < 1.29 is 28.6 Å². The highest BCUT2D eigenvalue weighted by Gasteiger charge is 2.24. The van der Waals surface area contributed by atoms with E-state index in [1.807, 2.05) is 6.92 Å². The molecular formula is C19H20N2O6S. The largest absolute Gasteiger partial charge is 0.486 e. The van der Waals surface area contributed by atoms with Crippen LogP contribution < -0.4 is 20.1 Å². The van der Waals surface area contributed by atoms with Crippen molar-refractivity contribution in [1.29, 1.82) is 0 Å². The Balaban J connectivity index is 1.82. The van der Waals surface area contributed by atoms with Gasteiger partial charge in [-0.05, 0) is 44.5 Å². The molecule has 8 nitrogen and oxygen atoms in total. The summed E-state index contributed by atoms with van der Waals surface area (Å²) in [7, 11) is 0. The summed E-state index contributed by atoms with van der Waals surface area (Å²) in [5.74, 6) is 0.0546. The van der Waals surface area contributed by atoms with Crippen LogP contribution in [0, 0.1) is 13.8 Å². The lowest BCUT2D eigenvalue weighted by atomic mass is 10.1. The van der Waals surface area contributed by atoms with E-state index >= 15 is 0 Å². The van der Waals surface area contributed by atoms with Gasteiger partial charge in [-0.1, -0.05) is 0 Å². The Kier molecular flexibility index (Phi) is 5.84. The van der Waals surface area contributed by atoms with Crippen LogP contribution in [0.3, 0.4) is 0 Å². The number of anilines is 1. The molecule has 1 aliphatic heterocycles. The number of amides is 3. The van der Waals surface area contributed by atoms with E-state index in [9.17, 15) is 14.4 Å².